The minimum atomic E-state index is -1.01. The number of carbonyl (C=O) groups excluding carboxylic acids is 1. The monoisotopic (exact) mass is 353 g/mol. The molecule has 0 bridgehead atoms. The molecule has 1 aliphatic heterocycles. The Balaban J connectivity index is 1.74. The maximum Gasteiger partial charge on any atom is 0.336 e. The van der Waals surface area contributed by atoms with E-state index in [9.17, 15) is 14.7 Å². The zero-order valence-corrected chi connectivity index (χ0v) is 14.6. The van der Waals surface area contributed by atoms with Crippen LogP contribution in [0.5, 0.6) is 0 Å². The van der Waals surface area contributed by atoms with Crippen LogP contribution in [0, 0.1) is 0 Å². The number of carboxylic acid groups (broad SMARTS) is 1. The number of benzene rings is 2. The lowest BCUT2D eigenvalue weighted by atomic mass is 9.95. The molecule has 1 atom stereocenters. The first-order valence-corrected chi connectivity index (χ1v) is 8.98. The minimum Gasteiger partial charge on any atom is -0.478 e. The maximum atomic E-state index is 12.7. The lowest BCUT2D eigenvalue weighted by molar-refractivity contribution is 0.0117. The fourth-order valence-electron chi connectivity index (χ4n) is 3.30. The minimum absolute atomic E-state index is 0.184. The van der Waals surface area contributed by atoms with Gasteiger partial charge in [-0.15, -0.1) is 0 Å². The molecule has 0 spiro atoms. The zero-order chi connectivity index (χ0) is 18.4. The Morgan fingerprint density at radius 1 is 1.00 bits per heavy atom. The van der Waals surface area contributed by atoms with Gasteiger partial charge >= 0.3 is 5.97 Å². The molecule has 3 rings (SSSR count). The average Bonchev–Trinajstić information content (AvgIpc) is 2.68. The van der Waals surface area contributed by atoms with Crippen LogP contribution >= 0.6 is 0 Å². The molecule has 1 aliphatic rings. The Labute approximate surface area is 153 Å². The van der Waals surface area contributed by atoms with Gasteiger partial charge in [0.1, 0.15) is 0 Å². The lowest BCUT2D eigenvalue weighted by Crippen LogP contribution is -2.29. The standard InChI is InChI=1S/C21H23NO4/c23-20(22-13-12-15-7-5-6-14-26-15)18-10-3-1-8-16(18)17-9-2-4-11-19(17)21(24)25/h1-4,8-11,15H,5-7,12-14H2,(H,22,23)(H,24,25). The first-order chi connectivity index (χ1) is 12.7. The largest absolute Gasteiger partial charge is 0.478 e. The van der Waals surface area contributed by atoms with Gasteiger partial charge in [0.15, 0.2) is 0 Å². The summed E-state index contributed by atoms with van der Waals surface area (Å²) in [5, 5.41) is 12.4. The number of ether oxygens (including phenoxy) is 1. The Morgan fingerprint density at radius 2 is 1.65 bits per heavy atom. The Kier molecular flexibility index (Phi) is 6.02. The smallest absolute Gasteiger partial charge is 0.336 e. The van der Waals surface area contributed by atoms with E-state index in [2.05, 4.69) is 5.32 Å². The van der Waals surface area contributed by atoms with Gasteiger partial charge in [-0.25, -0.2) is 4.79 Å². The normalized spacial score (nSPS) is 16.8. The summed E-state index contributed by atoms with van der Waals surface area (Å²) in [7, 11) is 0. The van der Waals surface area contributed by atoms with Crippen molar-refractivity contribution in [2.24, 2.45) is 0 Å². The van der Waals surface area contributed by atoms with Gasteiger partial charge in [-0.05, 0) is 48.9 Å². The third-order valence-corrected chi connectivity index (χ3v) is 4.65. The summed E-state index contributed by atoms with van der Waals surface area (Å²) in [6.07, 6.45) is 4.33. The van der Waals surface area contributed by atoms with Crippen molar-refractivity contribution in [2.45, 2.75) is 31.8 Å². The van der Waals surface area contributed by atoms with Crippen molar-refractivity contribution in [3.05, 3.63) is 59.7 Å². The quantitative estimate of drug-likeness (QED) is 0.829. The summed E-state index contributed by atoms with van der Waals surface area (Å²) in [6.45, 7) is 1.34. The SMILES string of the molecule is O=C(O)c1ccccc1-c1ccccc1C(=O)NCCC1CCCCO1. The molecule has 1 fully saturated rings. The Bertz CT molecular complexity index is 781. The lowest BCUT2D eigenvalue weighted by Gasteiger charge is -2.22. The topological polar surface area (TPSA) is 75.6 Å². The van der Waals surface area contributed by atoms with Crippen LogP contribution in [0.25, 0.3) is 11.1 Å². The predicted molar refractivity (Wildman–Crippen MR) is 99.4 cm³/mol. The molecule has 2 aromatic rings. The number of aromatic carboxylic acids is 1. The van der Waals surface area contributed by atoms with Gasteiger partial charge in [-0.2, -0.15) is 0 Å². The molecule has 26 heavy (non-hydrogen) atoms. The van der Waals surface area contributed by atoms with Crippen molar-refractivity contribution < 1.29 is 19.4 Å². The number of nitrogens with one attached hydrogen (secondary N) is 1. The van der Waals surface area contributed by atoms with Crippen LogP contribution in [0.15, 0.2) is 48.5 Å². The molecule has 5 nitrogen and oxygen atoms in total. The van der Waals surface area contributed by atoms with E-state index in [0.717, 1.165) is 25.9 Å². The van der Waals surface area contributed by atoms with Gasteiger partial charge in [0.25, 0.3) is 5.91 Å². The molecule has 1 saturated heterocycles. The number of hydrogen-bond acceptors (Lipinski definition) is 3. The van der Waals surface area contributed by atoms with Crippen LogP contribution in [0.3, 0.4) is 0 Å². The fourth-order valence-corrected chi connectivity index (χ4v) is 3.30. The van der Waals surface area contributed by atoms with Crippen molar-refractivity contribution in [2.75, 3.05) is 13.2 Å². The summed E-state index contributed by atoms with van der Waals surface area (Å²) in [5.74, 6) is -1.21. The third kappa shape index (κ3) is 4.29. The van der Waals surface area contributed by atoms with Crippen LogP contribution in [-0.4, -0.2) is 36.2 Å². The van der Waals surface area contributed by atoms with E-state index in [1.165, 1.54) is 6.42 Å². The van der Waals surface area contributed by atoms with Gasteiger partial charge < -0.3 is 15.2 Å². The molecule has 0 aliphatic carbocycles. The van der Waals surface area contributed by atoms with Crippen molar-refractivity contribution in [3.8, 4) is 11.1 Å². The Morgan fingerprint density at radius 3 is 2.31 bits per heavy atom. The van der Waals surface area contributed by atoms with Crippen LogP contribution in [0.2, 0.25) is 0 Å². The zero-order valence-electron chi connectivity index (χ0n) is 14.6. The highest BCUT2D eigenvalue weighted by Gasteiger charge is 2.18. The van der Waals surface area contributed by atoms with Crippen LogP contribution in [0.1, 0.15) is 46.4 Å². The summed E-state index contributed by atoms with van der Waals surface area (Å²) in [4.78, 5) is 24.2. The molecule has 2 N–H and O–H groups in total. The summed E-state index contributed by atoms with van der Waals surface area (Å²) < 4.78 is 5.68. The van der Waals surface area contributed by atoms with E-state index in [4.69, 9.17) is 4.74 Å². The molecule has 5 heteroatoms. The van der Waals surface area contributed by atoms with E-state index >= 15 is 0 Å². The van der Waals surface area contributed by atoms with Gasteiger partial charge in [-0.1, -0.05) is 36.4 Å². The molecule has 136 valence electrons. The van der Waals surface area contributed by atoms with Gasteiger partial charge in [0, 0.05) is 18.7 Å². The number of rotatable bonds is 6. The number of carbonyl (C=O) groups is 2. The van der Waals surface area contributed by atoms with E-state index in [1.54, 1.807) is 48.5 Å². The highest BCUT2D eigenvalue weighted by molar-refractivity contribution is 6.04. The highest BCUT2D eigenvalue weighted by Crippen LogP contribution is 2.27. The molecular weight excluding hydrogens is 330 g/mol. The number of carboxylic acids is 1. The number of hydrogen-bond donors (Lipinski definition) is 2. The van der Waals surface area contributed by atoms with Crippen molar-refractivity contribution in [1.29, 1.82) is 0 Å². The maximum absolute atomic E-state index is 12.7. The van der Waals surface area contributed by atoms with E-state index in [1.807, 2.05) is 0 Å². The van der Waals surface area contributed by atoms with E-state index < -0.39 is 5.97 Å². The Hall–Kier alpha value is -2.66. The number of amides is 1. The molecule has 1 heterocycles. The second kappa shape index (κ2) is 8.63. The summed E-state index contributed by atoms with van der Waals surface area (Å²) in [5.41, 5.74) is 1.83. The molecule has 1 unspecified atom stereocenters. The van der Waals surface area contributed by atoms with Crippen molar-refractivity contribution >= 4 is 11.9 Å². The molecule has 0 saturated carbocycles. The summed E-state index contributed by atoms with van der Waals surface area (Å²) >= 11 is 0. The van der Waals surface area contributed by atoms with Crippen LogP contribution in [0.4, 0.5) is 0 Å². The fraction of sp³-hybridized carbons (Fsp3) is 0.333. The molecule has 0 radical (unpaired) electrons. The van der Waals surface area contributed by atoms with Crippen LogP contribution in [-0.2, 0) is 4.74 Å². The van der Waals surface area contributed by atoms with Gasteiger partial charge in [0.2, 0.25) is 0 Å². The molecule has 2 aromatic carbocycles. The van der Waals surface area contributed by atoms with Crippen molar-refractivity contribution in [3.63, 3.8) is 0 Å². The average molecular weight is 353 g/mol. The van der Waals surface area contributed by atoms with Crippen molar-refractivity contribution in [1.82, 2.24) is 5.32 Å². The van der Waals surface area contributed by atoms with E-state index in [-0.39, 0.29) is 17.6 Å². The first-order valence-electron chi connectivity index (χ1n) is 8.98. The van der Waals surface area contributed by atoms with Gasteiger partial charge in [0.05, 0.1) is 11.7 Å². The van der Waals surface area contributed by atoms with Gasteiger partial charge in [-0.3, -0.25) is 4.79 Å². The molecule has 0 aromatic heterocycles. The summed E-state index contributed by atoms with van der Waals surface area (Å²) in [6, 6.07) is 13.8. The molecule has 1 amide bonds. The molecular formula is C21H23NO4. The second-order valence-corrected chi connectivity index (χ2v) is 6.43. The van der Waals surface area contributed by atoms with Crippen LogP contribution < -0.4 is 5.32 Å². The highest BCUT2D eigenvalue weighted by atomic mass is 16.5. The third-order valence-electron chi connectivity index (χ3n) is 4.65. The van der Waals surface area contributed by atoms with E-state index in [0.29, 0.717) is 23.2 Å². The predicted octanol–water partition coefficient (Wildman–Crippen LogP) is 3.74. The first kappa shape index (κ1) is 18.1. The second-order valence-electron chi connectivity index (χ2n) is 6.43.